The van der Waals surface area contributed by atoms with Crippen LogP contribution in [0, 0.1) is 0 Å². The minimum atomic E-state index is 0.708. The molecule has 0 spiro atoms. The highest BCUT2D eigenvalue weighted by Crippen LogP contribution is 2.32. The molecule has 2 rings (SSSR count). The summed E-state index contributed by atoms with van der Waals surface area (Å²) < 4.78 is 5.45. The van der Waals surface area contributed by atoms with Gasteiger partial charge in [0.25, 0.3) is 0 Å². The third-order valence-corrected chi connectivity index (χ3v) is 3.30. The molecule has 86 valence electrons. The summed E-state index contributed by atoms with van der Waals surface area (Å²) in [5.41, 5.74) is 2.99. The Bertz CT molecular complexity index is 362. The summed E-state index contributed by atoms with van der Waals surface area (Å²) in [5.74, 6) is 1.69. The van der Waals surface area contributed by atoms with E-state index in [1.165, 1.54) is 24.8 Å². The molecular formula is C15H20O. The molecule has 1 unspecified atom stereocenters. The number of allylic oxidation sites excluding steroid dienone is 2. The van der Waals surface area contributed by atoms with Crippen LogP contribution < -0.4 is 4.74 Å². The molecule has 1 atom stereocenters. The van der Waals surface area contributed by atoms with E-state index in [0.717, 1.165) is 12.4 Å². The van der Waals surface area contributed by atoms with E-state index in [4.69, 9.17) is 4.74 Å². The van der Waals surface area contributed by atoms with Crippen molar-refractivity contribution >= 4 is 0 Å². The predicted octanol–water partition coefficient (Wildman–Crippen LogP) is 4.30. The van der Waals surface area contributed by atoms with Crippen LogP contribution in [0.1, 0.15) is 44.6 Å². The van der Waals surface area contributed by atoms with Gasteiger partial charge in [-0.05, 0) is 56.7 Å². The van der Waals surface area contributed by atoms with Gasteiger partial charge in [-0.25, -0.2) is 0 Å². The number of ether oxygens (including phenoxy) is 1. The van der Waals surface area contributed by atoms with Crippen LogP contribution in [-0.2, 0) is 0 Å². The third-order valence-electron chi connectivity index (χ3n) is 3.30. The second-order valence-corrected chi connectivity index (χ2v) is 4.52. The van der Waals surface area contributed by atoms with Gasteiger partial charge in [-0.1, -0.05) is 23.8 Å². The Morgan fingerprint density at radius 3 is 2.56 bits per heavy atom. The van der Waals surface area contributed by atoms with Crippen molar-refractivity contribution in [2.75, 3.05) is 6.61 Å². The molecule has 16 heavy (non-hydrogen) atoms. The Morgan fingerprint density at radius 1 is 1.25 bits per heavy atom. The van der Waals surface area contributed by atoms with Crippen LogP contribution in [0.25, 0.3) is 0 Å². The fourth-order valence-corrected chi connectivity index (χ4v) is 2.27. The molecule has 1 heteroatoms. The first-order valence-electron chi connectivity index (χ1n) is 6.18. The predicted molar refractivity (Wildman–Crippen MR) is 68.0 cm³/mol. The van der Waals surface area contributed by atoms with Gasteiger partial charge in [-0.2, -0.15) is 0 Å². The van der Waals surface area contributed by atoms with Gasteiger partial charge < -0.3 is 4.74 Å². The van der Waals surface area contributed by atoms with Crippen LogP contribution in [0.15, 0.2) is 35.9 Å². The maximum absolute atomic E-state index is 5.45. The Morgan fingerprint density at radius 2 is 2.00 bits per heavy atom. The SMILES string of the molecule is CCOc1ccc(C2CC=C(C)CC2)cc1. The smallest absolute Gasteiger partial charge is 0.119 e. The molecule has 0 aromatic heterocycles. The lowest BCUT2D eigenvalue weighted by molar-refractivity contribution is 0.340. The summed E-state index contributed by atoms with van der Waals surface area (Å²) in [6.45, 7) is 4.99. The van der Waals surface area contributed by atoms with Gasteiger partial charge in [-0.3, -0.25) is 0 Å². The lowest BCUT2D eigenvalue weighted by Crippen LogP contribution is -2.03. The van der Waals surface area contributed by atoms with Gasteiger partial charge in [0.2, 0.25) is 0 Å². The largest absolute Gasteiger partial charge is 0.494 e. The summed E-state index contributed by atoms with van der Waals surface area (Å²) >= 11 is 0. The Hall–Kier alpha value is -1.24. The lowest BCUT2D eigenvalue weighted by Gasteiger charge is -2.20. The fourth-order valence-electron chi connectivity index (χ4n) is 2.27. The lowest BCUT2D eigenvalue weighted by atomic mass is 9.85. The number of benzene rings is 1. The van der Waals surface area contributed by atoms with Crippen molar-refractivity contribution in [1.29, 1.82) is 0 Å². The topological polar surface area (TPSA) is 9.23 Å². The highest BCUT2D eigenvalue weighted by Gasteiger charge is 2.14. The summed E-state index contributed by atoms with van der Waals surface area (Å²) in [7, 11) is 0. The Kier molecular flexibility index (Phi) is 3.66. The maximum atomic E-state index is 5.45. The molecule has 1 nitrogen and oxygen atoms in total. The fraction of sp³-hybridized carbons (Fsp3) is 0.467. The quantitative estimate of drug-likeness (QED) is 0.684. The molecule has 1 aromatic rings. The molecule has 0 N–H and O–H groups in total. The highest BCUT2D eigenvalue weighted by atomic mass is 16.5. The van der Waals surface area contributed by atoms with Gasteiger partial charge in [0, 0.05) is 0 Å². The van der Waals surface area contributed by atoms with Gasteiger partial charge >= 0.3 is 0 Å². The Balaban J connectivity index is 2.04. The summed E-state index contributed by atoms with van der Waals surface area (Å²) in [4.78, 5) is 0. The summed E-state index contributed by atoms with van der Waals surface area (Å²) in [5, 5.41) is 0. The van der Waals surface area contributed by atoms with Gasteiger partial charge in [-0.15, -0.1) is 0 Å². The number of hydrogen-bond donors (Lipinski definition) is 0. The third kappa shape index (κ3) is 2.66. The van der Waals surface area contributed by atoms with Crippen LogP contribution in [0.3, 0.4) is 0 Å². The van der Waals surface area contributed by atoms with E-state index in [1.807, 2.05) is 6.92 Å². The van der Waals surface area contributed by atoms with Crippen molar-refractivity contribution < 1.29 is 4.74 Å². The van der Waals surface area contributed by atoms with Crippen molar-refractivity contribution in [2.24, 2.45) is 0 Å². The standard InChI is InChI=1S/C15H20O/c1-3-16-15-10-8-14(9-11-15)13-6-4-12(2)5-7-13/h4,8-11,13H,3,5-7H2,1-2H3. The zero-order valence-electron chi connectivity index (χ0n) is 10.2. The highest BCUT2D eigenvalue weighted by molar-refractivity contribution is 5.30. The van der Waals surface area contributed by atoms with Crippen LogP contribution in [0.2, 0.25) is 0 Å². The molecule has 1 aromatic carbocycles. The van der Waals surface area contributed by atoms with Crippen molar-refractivity contribution in [3.05, 3.63) is 41.5 Å². The first-order valence-corrected chi connectivity index (χ1v) is 6.18. The molecule has 0 fully saturated rings. The van der Waals surface area contributed by atoms with E-state index in [1.54, 1.807) is 5.57 Å². The molecule has 0 saturated carbocycles. The molecule has 0 amide bonds. The summed E-state index contributed by atoms with van der Waals surface area (Å²) in [6, 6.07) is 8.60. The maximum Gasteiger partial charge on any atom is 0.119 e. The molecule has 1 aliphatic carbocycles. The van der Waals surface area contributed by atoms with E-state index in [0.29, 0.717) is 5.92 Å². The van der Waals surface area contributed by atoms with E-state index in [9.17, 15) is 0 Å². The van der Waals surface area contributed by atoms with Crippen molar-refractivity contribution in [1.82, 2.24) is 0 Å². The van der Waals surface area contributed by atoms with Gasteiger partial charge in [0.05, 0.1) is 6.61 Å². The molecule has 0 radical (unpaired) electrons. The average Bonchev–Trinajstić information content (AvgIpc) is 2.32. The van der Waals surface area contributed by atoms with Gasteiger partial charge in [0.15, 0.2) is 0 Å². The first kappa shape index (κ1) is 11.3. The Labute approximate surface area is 98.1 Å². The molecule has 0 saturated heterocycles. The molecule has 0 heterocycles. The minimum absolute atomic E-state index is 0.708. The molecule has 0 bridgehead atoms. The van der Waals surface area contributed by atoms with Crippen molar-refractivity contribution in [3.8, 4) is 5.75 Å². The number of rotatable bonds is 3. The van der Waals surface area contributed by atoms with Gasteiger partial charge in [0.1, 0.15) is 5.75 Å². The van der Waals surface area contributed by atoms with Crippen LogP contribution in [0.4, 0.5) is 0 Å². The second kappa shape index (κ2) is 5.20. The zero-order chi connectivity index (χ0) is 11.4. The van der Waals surface area contributed by atoms with Crippen LogP contribution in [-0.4, -0.2) is 6.61 Å². The van der Waals surface area contributed by atoms with E-state index in [-0.39, 0.29) is 0 Å². The van der Waals surface area contributed by atoms with E-state index >= 15 is 0 Å². The normalized spacial score (nSPS) is 20.4. The van der Waals surface area contributed by atoms with E-state index in [2.05, 4.69) is 37.3 Å². The molecule has 1 aliphatic rings. The van der Waals surface area contributed by atoms with Crippen molar-refractivity contribution in [3.63, 3.8) is 0 Å². The van der Waals surface area contributed by atoms with Crippen LogP contribution >= 0.6 is 0 Å². The summed E-state index contributed by atoms with van der Waals surface area (Å²) in [6.07, 6.45) is 6.11. The number of hydrogen-bond acceptors (Lipinski definition) is 1. The molecular weight excluding hydrogens is 196 g/mol. The molecule has 0 aliphatic heterocycles. The first-order chi connectivity index (χ1) is 7.79. The van der Waals surface area contributed by atoms with Crippen LogP contribution in [0.5, 0.6) is 5.75 Å². The van der Waals surface area contributed by atoms with E-state index < -0.39 is 0 Å². The zero-order valence-corrected chi connectivity index (χ0v) is 10.2. The van der Waals surface area contributed by atoms with Crippen molar-refractivity contribution in [2.45, 2.75) is 39.0 Å². The minimum Gasteiger partial charge on any atom is -0.494 e. The average molecular weight is 216 g/mol. The second-order valence-electron chi connectivity index (χ2n) is 4.52. The monoisotopic (exact) mass is 216 g/mol.